The Hall–Kier alpha value is -3.13. The third-order valence-corrected chi connectivity index (χ3v) is 2.34. The predicted molar refractivity (Wildman–Crippen MR) is 72.1 cm³/mol. The van der Waals surface area contributed by atoms with Gasteiger partial charge in [0.25, 0.3) is 5.69 Å². The van der Waals surface area contributed by atoms with E-state index in [1.807, 2.05) is 18.2 Å². The van der Waals surface area contributed by atoms with Crippen LogP contribution in [0.15, 0.2) is 54.6 Å². The van der Waals surface area contributed by atoms with E-state index in [1.54, 1.807) is 12.1 Å². The molecule has 0 aliphatic carbocycles. The fraction of sp³-hybridized carbons (Fsp3) is 0. The van der Waals surface area contributed by atoms with Crippen LogP contribution in [-0.4, -0.2) is 10.9 Å². The lowest BCUT2D eigenvalue weighted by atomic mass is 10.2. The number of hydrogen-bond donors (Lipinski definition) is 0. The minimum Gasteiger partial charge on any atom is -0.417 e. The van der Waals surface area contributed by atoms with Crippen LogP contribution in [0.4, 0.5) is 5.69 Å². The van der Waals surface area contributed by atoms with E-state index in [2.05, 4.69) is 11.8 Å². The molecule has 2 rings (SSSR count). The number of esters is 1. The van der Waals surface area contributed by atoms with Gasteiger partial charge in [0.1, 0.15) is 5.75 Å². The Bertz CT molecular complexity index is 681. The maximum atomic E-state index is 11.5. The summed E-state index contributed by atoms with van der Waals surface area (Å²) in [4.78, 5) is 21.4. The molecule has 0 saturated carbocycles. The fourth-order valence-corrected chi connectivity index (χ4v) is 1.41. The molecule has 20 heavy (non-hydrogen) atoms. The summed E-state index contributed by atoms with van der Waals surface area (Å²) >= 11 is 0. The molecule has 0 amide bonds. The normalized spacial score (nSPS) is 9.20. The first-order chi connectivity index (χ1) is 9.65. The maximum absolute atomic E-state index is 11.5. The highest BCUT2D eigenvalue weighted by molar-refractivity contribution is 5.90. The molecule has 0 aliphatic heterocycles. The molecule has 2 aromatic carbocycles. The summed E-state index contributed by atoms with van der Waals surface area (Å²) in [7, 11) is 0. The Kier molecular flexibility index (Phi) is 4.10. The maximum Gasteiger partial charge on any atom is 0.390 e. The molecule has 5 nitrogen and oxygen atoms in total. The van der Waals surface area contributed by atoms with Crippen LogP contribution in [0.5, 0.6) is 5.75 Å². The lowest BCUT2D eigenvalue weighted by Gasteiger charge is -1.98. The predicted octanol–water partition coefficient (Wildman–Crippen LogP) is 2.55. The van der Waals surface area contributed by atoms with Crippen molar-refractivity contribution in [3.63, 3.8) is 0 Å². The van der Waals surface area contributed by atoms with Gasteiger partial charge in [0.05, 0.1) is 4.92 Å². The van der Waals surface area contributed by atoms with E-state index >= 15 is 0 Å². The van der Waals surface area contributed by atoms with Crippen molar-refractivity contribution >= 4 is 11.7 Å². The summed E-state index contributed by atoms with van der Waals surface area (Å²) in [6.45, 7) is 0. The van der Waals surface area contributed by atoms with Gasteiger partial charge in [-0.3, -0.25) is 10.1 Å². The second-order valence-electron chi connectivity index (χ2n) is 3.76. The molecule has 0 fully saturated rings. The number of nitrogens with zero attached hydrogens (tertiary/aromatic N) is 1. The molecule has 0 atom stereocenters. The van der Waals surface area contributed by atoms with Gasteiger partial charge < -0.3 is 4.74 Å². The third-order valence-electron chi connectivity index (χ3n) is 2.34. The lowest BCUT2D eigenvalue weighted by Crippen LogP contribution is -2.04. The largest absolute Gasteiger partial charge is 0.417 e. The second-order valence-corrected chi connectivity index (χ2v) is 3.76. The van der Waals surface area contributed by atoms with Crippen LogP contribution in [0.25, 0.3) is 0 Å². The number of carbonyl (C=O) groups excluding carboxylic acids is 1. The molecule has 0 bridgehead atoms. The van der Waals surface area contributed by atoms with Gasteiger partial charge in [-0.25, -0.2) is 4.79 Å². The first kappa shape index (κ1) is 13.3. The van der Waals surface area contributed by atoms with E-state index in [4.69, 9.17) is 4.74 Å². The third kappa shape index (κ3) is 3.68. The Morgan fingerprint density at radius 2 is 1.70 bits per heavy atom. The second kappa shape index (κ2) is 6.16. The Morgan fingerprint density at radius 1 is 1.05 bits per heavy atom. The van der Waals surface area contributed by atoms with Crippen LogP contribution >= 0.6 is 0 Å². The first-order valence-electron chi connectivity index (χ1n) is 5.68. The highest BCUT2D eigenvalue weighted by atomic mass is 16.6. The molecule has 0 spiro atoms. The number of carbonyl (C=O) groups is 1. The monoisotopic (exact) mass is 267 g/mol. The summed E-state index contributed by atoms with van der Waals surface area (Å²) in [5.74, 6) is 4.49. The Labute approximate surface area is 115 Å². The van der Waals surface area contributed by atoms with E-state index < -0.39 is 10.9 Å². The highest BCUT2D eigenvalue weighted by Crippen LogP contribution is 2.17. The van der Waals surface area contributed by atoms with Gasteiger partial charge in [-0.05, 0) is 24.3 Å². The van der Waals surface area contributed by atoms with Gasteiger partial charge in [0.15, 0.2) is 0 Å². The van der Waals surface area contributed by atoms with E-state index in [9.17, 15) is 14.9 Å². The Balaban J connectivity index is 2.02. The Morgan fingerprint density at radius 3 is 2.30 bits per heavy atom. The average Bonchev–Trinajstić information content (AvgIpc) is 2.47. The molecule has 2 aromatic rings. The van der Waals surface area contributed by atoms with E-state index in [-0.39, 0.29) is 11.4 Å². The van der Waals surface area contributed by atoms with Crippen LogP contribution in [0.1, 0.15) is 5.56 Å². The topological polar surface area (TPSA) is 69.4 Å². The van der Waals surface area contributed by atoms with Crippen molar-refractivity contribution in [1.82, 2.24) is 0 Å². The molecule has 0 N–H and O–H groups in total. The zero-order valence-electron chi connectivity index (χ0n) is 10.3. The number of rotatable bonds is 2. The molecule has 0 aliphatic rings. The summed E-state index contributed by atoms with van der Waals surface area (Å²) in [5.41, 5.74) is 0.633. The number of hydrogen-bond acceptors (Lipinski definition) is 4. The van der Waals surface area contributed by atoms with Crippen molar-refractivity contribution in [2.24, 2.45) is 0 Å². The molecule has 0 heterocycles. The zero-order valence-corrected chi connectivity index (χ0v) is 10.3. The van der Waals surface area contributed by atoms with Gasteiger partial charge in [-0.15, -0.1) is 0 Å². The lowest BCUT2D eigenvalue weighted by molar-refractivity contribution is -0.384. The average molecular weight is 267 g/mol. The molecule has 0 aromatic heterocycles. The zero-order chi connectivity index (χ0) is 14.4. The summed E-state index contributed by atoms with van der Waals surface area (Å²) < 4.78 is 4.94. The smallest absolute Gasteiger partial charge is 0.390 e. The quantitative estimate of drug-likeness (QED) is 0.276. The van der Waals surface area contributed by atoms with Crippen LogP contribution in [0.2, 0.25) is 0 Å². The number of non-ortho nitro benzene ring substituents is 1. The molecule has 0 unspecified atom stereocenters. The van der Waals surface area contributed by atoms with Gasteiger partial charge in [-0.1, -0.05) is 24.1 Å². The van der Waals surface area contributed by atoms with Gasteiger partial charge in [-0.2, -0.15) is 0 Å². The minimum atomic E-state index is -0.720. The minimum absolute atomic E-state index is 0.0693. The first-order valence-corrected chi connectivity index (χ1v) is 5.68. The van der Waals surface area contributed by atoms with Crippen LogP contribution < -0.4 is 4.74 Å². The molecule has 98 valence electrons. The standard InChI is InChI=1S/C15H9NO4/c17-15(11-6-12-4-2-1-3-5-12)20-14-9-7-13(8-10-14)16(18)19/h1-5,7-10H. The van der Waals surface area contributed by atoms with Gasteiger partial charge >= 0.3 is 5.97 Å². The molecule has 0 saturated heterocycles. The van der Waals surface area contributed by atoms with Crippen LogP contribution in [0.3, 0.4) is 0 Å². The highest BCUT2D eigenvalue weighted by Gasteiger charge is 2.06. The van der Waals surface area contributed by atoms with E-state index in [1.165, 1.54) is 24.3 Å². The summed E-state index contributed by atoms with van der Waals surface area (Å²) in [6, 6.07) is 14.2. The van der Waals surface area contributed by atoms with Crippen molar-refractivity contribution in [1.29, 1.82) is 0 Å². The van der Waals surface area contributed by atoms with Crippen molar-refractivity contribution in [2.45, 2.75) is 0 Å². The van der Waals surface area contributed by atoms with Gasteiger partial charge in [0, 0.05) is 23.6 Å². The van der Waals surface area contributed by atoms with Crippen LogP contribution in [-0.2, 0) is 4.79 Å². The van der Waals surface area contributed by atoms with Crippen molar-refractivity contribution in [3.8, 4) is 17.6 Å². The summed E-state index contributed by atoms with van der Waals surface area (Å²) in [5, 5.41) is 10.5. The summed E-state index contributed by atoms with van der Waals surface area (Å²) in [6.07, 6.45) is 0. The fourth-order valence-electron chi connectivity index (χ4n) is 1.41. The van der Waals surface area contributed by atoms with E-state index in [0.717, 1.165) is 0 Å². The van der Waals surface area contributed by atoms with Crippen LogP contribution in [0, 0.1) is 22.0 Å². The molecule has 0 radical (unpaired) electrons. The number of ether oxygens (including phenoxy) is 1. The number of benzene rings is 2. The number of nitro benzene ring substituents is 1. The number of nitro groups is 1. The van der Waals surface area contributed by atoms with Crippen molar-refractivity contribution < 1.29 is 14.5 Å². The van der Waals surface area contributed by atoms with Crippen molar-refractivity contribution in [3.05, 3.63) is 70.3 Å². The van der Waals surface area contributed by atoms with E-state index in [0.29, 0.717) is 5.56 Å². The molecular formula is C15H9NO4. The van der Waals surface area contributed by atoms with Crippen molar-refractivity contribution in [2.75, 3.05) is 0 Å². The molecule has 5 heteroatoms. The SMILES string of the molecule is O=C(C#Cc1ccccc1)Oc1ccc([N+](=O)[O-])cc1. The molecular weight excluding hydrogens is 258 g/mol. The van der Waals surface area contributed by atoms with Gasteiger partial charge in [0.2, 0.25) is 0 Å².